The SMILES string of the molecule is C=C(C(=O)OCC)C(O[Si](C)(C)C)c1ccccc1. The molecule has 3 nitrogen and oxygen atoms in total. The molecule has 0 spiro atoms. The Morgan fingerprint density at radius 2 is 1.84 bits per heavy atom. The third-order valence-electron chi connectivity index (χ3n) is 2.43. The number of hydrogen-bond acceptors (Lipinski definition) is 3. The molecule has 4 heteroatoms. The molecule has 19 heavy (non-hydrogen) atoms. The molecule has 0 amide bonds. The van der Waals surface area contributed by atoms with Crippen LogP contribution in [0.3, 0.4) is 0 Å². The first kappa shape index (κ1) is 15.7. The van der Waals surface area contributed by atoms with Crippen molar-refractivity contribution in [2.45, 2.75) is 32.7 Å². The second-order valence-electron chi connectivity index (χ2n) is 5.27. The van der Waals surface area contributed by atoms with Crippen LogP contribution in [0, 0.1) is 0 Å². The molecule has 0 radical (unpaired) electrons. The van der Waals surface area contributed by atoms with Gasteiger partial charge in [-0.05, 0) is 32.1 Å². The summed E-state index contributed by atoms with van der Waals surface area (Å²) < 4.78 is 11.1. The van der Waals surface area contributed by atoms with Crippen molar-refractivity contribution < 1.29 is 14.0 Å². The van der Waals surface area contributed by atoms with Gasteiger partial charge in [0.05, 0.1) is 12.2 Å². The highest BCUT2D eigenvalue weighted by molar-refractivity contribution is 6.69. The van der Waals surface area contributed by atoms with Crippen LogP contribution in [-0.4, -0.2) is 20.9 Å². The van der Waals surface area contributed by atoms with Crippen LogP contribution in [-0.2, 0) is 14.0 Å². The van der Waals surface area contributed by atoms with E-state index in [1.807, 2.05) is 30.3 Å². The van der Waals surface area contributed by atoms with E-state index >= 15 is 0 Å². The Kier molecular flexibility index (Phi) is 5.51. The topological polar surface area (TPSA) is 35.5 Å². The van der Waals surface area contributed by atoms with Crippen molar-refractivity contribution in [3.63, 3.8) is 0 Å². The van der Waals surface area contributed by atoms with E-state index in [0.29, 0.717) is 12.2 Å². The summed E-state index contributed by atoms with van der Waals surface area (Å²) in [6.07, 6.45) is -0.424. The maximum absolute atomic E-state index is 11.9. The lowest BCUT2D eigenvalue weighted by molar-refractivity contribution is -0.139. The van der Waals surface area contributed by atoms with Crippen LogP contribution in [0.4, 0.5) is 0 Å². The van der Waals surface area contributed by atoms with E-state index in [9.17, 15) is 4.79 Å². The van der Waals surface area contributed by atoms with Gasteiger partial charge in [-0.2, -0.15) is 0 Å². The minimum Gasteiger partial charge on any atom is -0.463 e. The van der Waals surface area contributed by atoms with Gasteiger partial charge in [-0.1, -0.05) is 36.9 Å². The Morgan fingerprint density at radius 1 is 1.26 bits per heavy atom. The van der Waals surface area contributed by atoms with Crippen LogP contribution in [0.1, 0.15) is 18.6 Å². The largest absolute Gasteiger partial charge is 0.463 e. The molecule has 1 unspecified atom stereocenters. The summed E-state index contributed by atoms with van der Waals surface area (Å²) in [5.41, 5.74) is 1.29. The van der Waals surface area contributed by atoms with Crippen LogP contribution < -0.4 is 0 Å². The molecule has 0 saturated carbocycles. The molecule has 0 N–H and O–H groups in total. The lowest BCUT2D eigenvalue weighted by Crippen LogP contribution is -2.30. The quantitative estimate of drug-likeness (QED) is 0.452. The lowest BCUT2D eigenvalue weighted by atomic mass is 10.0. The van der Waals surface area contributed by atoms with Crippen molar-refractivity contribution in [1.29, 1.82) is 0 Å². The number of hydrogen-bond donors (Lipinski definition) is 0. The van der Waals surface area contributed by atoms with E-state index in [1.165, 1.54) is 0 Å². The zero-order valence-electron chi connectivity index (χ0n) is 12.1. The van der Waals surface area contributed by atoms with Crippen molar-refractivity contribution in [1.82, 2.24) is 0 Å². The first-order valence-corrected chi connectivity index (χ1v) is 9.84. The summed E-state index contributed by atoms with van der Waals surface area (Å²) in [5.74, 6) is -0.394. The van der Waals surface area contributed by atoms with Gasteiger partial charge in [0, 0.05) is 0 Å². The minimum absolute atomic E-state index is 0.340. The summed E-state index contributed by atoms with van der Waals surface area (Å²) in [5, 5.41) is 0. The van der Waals surface area contributed by atoms with Gasteiger partial charge in [0.1, 0.15) is 6.10 Å². The standard InChI is InChI=1S/C15H22O3Si/c1-6-17-15(16)12(2)14(18-19(3,4)5)13-10-8-7-9-11-13/h7-11,14H,2,6H2,1,3-5H3. The van der Waals surface area contributed by atoms with Crippen molar-refractivity contribution in [2.75, 3.05) is 6.61 Å². The fourth-order valence-corrected chi connectivity index (χ4v) is 2.64. The molecule has 104 valence electrons. The normalized spacial score (nSPS) is 12.8. The number of benzene rings is 1. The third kappa shape index (κ3) is 5.01. The molecule has 0 saturated heterocycles. The highest BCUT2D eigenvalue weighted by Crippen LogP contribution is 2.29. The Bertz CT molecular complexity index is 434. The monoisotopic (exact) mass is 278 g/mol. The molecule has 1 atom stereocenters. The van der Waals surface area contributed by atoms with Gasteiger partial charge in [0.25, 0.3) is 0 Å². The smallest absolute Gasteiger partial charge is 0.336 e. The molecule has 1 aromatic rings. The Labute approximate surface area is 116 Å². The van der Waals surface area contributed by atoms with E-state index < -0.39 is 20.4 Å². The van der Waals surface area contributed by atoms with Gasteiger partial charge in [-0.25, -0.2) is 4.79 Å². The average Bonchev–Trinajstić information content (AvgIpc) is 2.35. The Balaban J connectivity index is 3.00. The van der Waals surface area contributed by atoms with Gasteiger partial charge in [0.15, 0.2) is 8.32 Å². The maximum Gasteiger partial charge on any atom is 0.336 e. The van der Waals surface area contributed by atoms with Crippen molar-refractivity contribution >= 4 is 14.3 Å². The van der Waals surface area contributed by atoms with Gasteiger partial charge in [-0.3, -0.25) is 0 Å². The van der Waals surface area contributed by atoms with Gasteiger partial charge >= 0.3 is 5.97 Å². The molecule has 1 aromatic carbocycles. The first-order chi connectivity index (χ1) is 8.85. The van der Waals surface area contributed by atoms with Gasteiger partial charge < -0.3 is 9.16 Å². The number of esters is 1. The first-order valence-electron chi connectivity index (χ1n) is 6.44. The van der Waals surface area contributed by atoms with Crippen LogP contribution in [0.2, 0.25) is 19.6 Å². The lowest BCUT2D eigenvalue weighted by Gasteiger charge is -2.27. The molecule has 1 rings (SSSR count). The van der Waals surface area contributed by atoms with Crippen molar-refractivity contribution in [2.24, 2.45) is 0 Å². The second-order valence-corrected chi connectivity index (χ2v) is 9.73. The molecule has 0 bridgehead atoms. The molecule has 0 fully saturated rings. The zero-order chi connectivity index (χ0) is 14.5. The third-order valence-corrected chi connectivity index (χ3v) is 3.37. The molecule has 0 aliphatic heterocycles. The van der Waals surface area contributed by atoms with Crippen molar-refractivity contribution in [3.05, 3.63) is 48.0 Å². The average molecular weight is 278 g/mol. The Hall–Kier alpha value is -1.39. The van der Waals surface area contributed by atoms with E-state index in [2.05, 4.69) is 26.2 Å². The molecule has 0 aliphatic carbocycles. The van der Waals surface area contributed by atoms with Crippen LogP contribution >= 0.6 is 0 Å². The summed E-state index contributed by atoms with van der Waals surface area (Å²) in [6.45, 7) is 12.2. The highest BCUT2D eigenvalue weighted by atomic mass is 28.4. The van der Waals surface area contributed by atoms with Crippen LogP contribution in [0.15, 0.2) is 42.5 Å². The van der Waals surface area contributed by atoms with E-state index in [4.69, 9.17) is 9.16 Å². The van der Waals surface area contributed by atoms with Crippen LogP contribution in [0.5, 0.6) is 0 Å². The number of rotatable bonds is 6. The van der Waals surface area contributed by atoms with E-state index in [-0.39, 0.29) is 0 Å². The number of carbonyl (C=O) groups excluding carboxylic acids is 1. The summed E-state index contributed by atoms with van der Waals surface area (Å²) in [7, 11) is -1.80. The second kappa shape index (κ2) is 6.68. The van der Waals surface area contributed by atoms with Crippen LogP contribution in [0.25, 0.3) is 0 Å². The molecular weight excluding hydrogens is 256 g/mol. The van der Waals surface area contributed by atoms with E-state index in [1.54, 1.807) is 6.92 Å². The van der Waals surface area contributed by atoms with Gasteiger partial charge in [0.2, 0.25) is 0 Å². The molecule has 0 aromatic heterocycles. The summed E-state index contributed by atoms with van der Waals surface area (Å²) >= 11 is 0. The maximum atomic E-state index is 11.9. The zero-order valence-corrected chi connectivity index (χ0v) is 13.1. The molecule has 0 heterocycles. The van der Waals surface area contributed by atoms with Gasteiger partial charge in [-0.15, -0.1) is 0 Å². The predicted molar refractivity (Wildman–Crippen MR) is 79.4 cm³/mol. The van der Waals surface area contributed by atoms with Crippen molar-refractivity contribution in [3.8, 4) is 0 Å². The minimum atomic E-state index is -1.80. The molecule has 0 aliphatic rings. The summed E-state index contributed by atoms with van der Waals surface area (Å²) in [4.78, 5) is 11.9. The van der Waals surface area contributed by atoms with E-state index in [0.717, 1.165) is 5.56 Å². The summed E-state index contributed by atoms with van der Waals surface area (Å²) in [6, 6.07) is 9.66. The number of carbonyl (C=O) groups is 1. The predicted octanol–water partition coefficient (Wildman–Crippen LogP) is 3.70. The fraction of sp³-hybridized carbons (Fsp3) is 0.400. The highest BCUT2D eigenvalue weighted by Gasteiger charge is 2.28. The molecular formula is C15H22O3Si. The fourth-order valence-electron chi connectivity index (χ4n) is 1.65. The Morgan fingerprint density at radius 3 is 2.32 bits per heavy atom. The number of ether oxygens (including phenoxy) is 1.